The fraction of sp³-hybridized carbons (Fsp3) is 0.929. The Bertz CT molecular complexity index is 252. The van der Waals surface area contributed by atoms with Crippen LogP contribution in [-0.4, -0.2) is 25.3 Å². The molecule has 2 rings (SSSR count). The van der Waals surface area contributed by atoms with Crippen molar-refractivity contribution in [3.8, 4) is 0 Å². The van der Waals surface area contributed by atoms with Crippen molar-refractivity contribution in [3.05, 3.63) is 0 Å². The first kappa shape index (κ1) is 12.9. The van der Waals surface area contributed by atoms with Gasteiger partial charge in [-0.1, -0.05) is 44.9 Å². The molecule has 0 amide bonds. The van der Waals surface area contributed by atoms with E-state index in [9.17, 15) is 4.79 Å². The average molecular weight is 240 g/mol. The molecule has 0 aromatic rings. The van der Waals surface area contributed by atoms with Crippen molar-refractivity contribution in [3.63, 3.8) is 0 Å². The van der Waals surface area contributed by atoms with Crippen LogP contribution >= 0.6 is 0 Å². The molecule has 2 aliphatic rings. The monoisotopic (exact) mass is 240 g/mol. The molecule has 3 heteroatoms. The molecule has 98 valence electrons. The highest BCUT2D eigenvalue weighted by molar-refractivity contribution is 5.73. The summed E-state index contributed by atoms with van der Waals surface area (Å²) in [6, 6.07) is 0. The largest absolute Gasteiger partial charge is 0.469 e. The highest BCUT2D eigenvalue weighted by atomic mass is 16.6. The summed E-state index contributed by atoms with van der Waals surface area (Å²) >= 11 is 0. The number of rotatable bonds is 1. The Hall–Kier alpha value is -0.570. The highest BCUT2D eigenvalue weighted by Crippen LogP contribution is 2.37. The van der Waals surface area contributed by atoms with Gasteiger partial charge in [0.15, 0.2) is 0 Å². The van der Waals surface area contributed by atoms with Crippen LogP contribution in [-0.2, 0) is 14.3 Å². The molecule has 0 spiro atoms. The van der Waals surface area contributed by atoms with E-state index in [1.807, 2.05) is 0 Å². The SMILES string of the molecule is COC(=O)C1CCCCCCCCCC2OC21. The van der Waals surface area contributed by atoms with E-state index in [2.05, 4.69) is 0 Å². The second-order valence-electron chi connectivity index (χ2n) is 5.32. The maximum atomic E-state index is 11.7. The number of hydrogen-bond acceptors (Lipinski definition) is 3. The van der Waals surface area contributed by atoms with Gasteiger partial charge in [0.25, 0.3) is 0 Å². The quantitative estimate of drug-likeness (QED) is 0.522. The number of esters is 1. The predicted octanol–water partition coefficient (Wildman–Crippen LogP) is 3.07. The minimum atomic E-state index is -0.0745. The zero-order valence-electron chi connectivity index (χ0n) is 10.8. The lowest BCUT2D eigenvalue weighted by molar-refractivity contribution is -0.146. The lowest BCUT2D eigenvalue weighted by Crippen LogP contribution is -2.23. The predicted molar refractivity (Wildman–Crippen MR) is 65.7 cm³/mol. The van der Waals surface area contributed by atoms with E-state index in [-0.39, 0.29) is 18.0 Å². The summed E-state index contributed by atoms with van der Waals surface area (Å²) in [5.74, 6) is -0.0843. The van der Waals surface area contributed by atoms with Crippen LogP contribution in [0.5, 0.6) is 0 Å². The van der Waals surface area contributed by atoms with E-state index in [4.69, 9.17) is 9.47 Å². The van der Waals surface area contributed by atoms with Crippen LogP contribution in [0.25, 0.3) is 0 Å². The van der Waals surface area contributed by atoms with Crippen molar-refractivity contribution in [1.29, 1.82) is 0 Å². The minimum absolute atomic E-state index is 0.00979. The third-order valence-corrected chi connectivity index (χ3v) is 4.03. The van der Waals surface area contributed by atoms with Crippen LogP contribution in [0.2, 0.25) is 0 Å². The van der Waals surface area contributed by atoms with Crippen molar-refractivity contribution >= 4 is 5.97 Å². The van der Waals surface area contributed by atoms with Crippen LogP contribution in [0.1, 0.15) is 57.8 Å². The van der Waals surface area contributed by atoms with Gasteiger partial charge in [-0.15, -0.1) is 0 Å². The van der Waals surface area contributed by atoms with Gasteiger partial charge in [-0.3, -0.25) is 4.79 Å². The van der Waals surface area contributed by atoms with E-state index < -0.39 is 0 Å². The number of carbonyl (C=O) groups excluding carboxylic acids is 1. The molecule has 1 aliphatic carbocycles. The van der Waals surface area contributed by atoms with Crippen LogP contribution in [0.4, 0.5) is 0 Å². The van der Waals surface area contributed by atoms with Crippen molar-refractivity contribution < 1.29 is 14.3 Å². The summed E-state index contributed by atoms with van der Waals surface area (Å²) < 4.78 is 10.6. The second-order valence-corrected chi connectivity index (χ2v) is 5.32. The number of carbonyl (C=O) groups is 1. The van der Waals surface area contributed by atoms with Gasteiger partial charge >= 0.3 is 5.97 Å². The molecule has 1 saturated heterocycles. The van der Waals surface area contributed by atoms with Crippen molar-refractivity contribution in [2.24, 2.45) is 5.92 Å². The standard InChI is InChI=1S/C14H24O3/c1-16-14(15)11-9-7-5-3-2-4-6-8-10-12-13(11)17-12/h11-13H,2-10H2,1H3. The Kier molecular flexibility index (Phi) is 4.84. The van der Waals surface area contributed by atoms with Gasteiger partial charge in [-0.05, 0) is 12.8 Å². The zero-order chi connectivity index (χ0) is 12.1. The Morgan fingerprint density at radius 2 is 1.59 bits per heavy atom. The lowest BCUT2D eigenvalue weighted by Gasteiger charge is -2.13. The van der Waals surface area contributed by atoms with Crippen molar-refractivity contribution in [2.45, 2.75) is 70.0 Å². The molecule has 0 aromatic carbocycles. The summed E-state index contributed by atoms with van der Waals surface area (Å²) in [4.78, 5) is 11.7. The Morgan fingerprint density at radius 1 is 1.00 bits per heavy atom. The topological polar surface area (TPSA) is 38.8 Å². The second kappa shape index (κ2) is 6.39. The minimum Gasteiger partial charge on any atom is -0.469 e. The summed E-state index contributed by atoms with van der Waals surface area (Å²) in [5, 5.41) is 0. The van der Waals surface area contributed by atoms with Gasteiger partial charge in [0.1, 0.15) is 0 Å². The lowest BCUT2D eigenvalue weighted by atomic mass is 9.93. The van der Waals surface area contributed by atoms with Crippen molar-refractivity contribution in [1.82, 2.24) is 0 Å². The normalized spacial score (nSPS) is 35.0. The maximum absolute atomic E-state index is 11.7. The maximum Gasteiger partial charge on any atom is 0.311 e. The summed E-state index contributed by atoms with van der Waals surface area (Å²) in [6.45, 7) is 0. The van der Waals surface area contributed by atoms with E-state index in [1.165, 1.54) is 45.6 Å². The molecule has 0 N–H and O–H groups in total. The molecular formula is C14H24O3. The third-order valence-electron chi connectivity index (χ3n) is 4.03. The molecule has 17 heavy (non-hydrogen) atoms. The molecule has 3 atom stereocenters. The first-order valence-electron chi connectivity index (χ1n) is 7.06. The third kappa shape index (κ3) is 3.70. The zero-order valence-corrected chi connectivity index (χ0v) is 10.8. The molecule has 3 nitrogen and oxygen atoms in total. The Morgan fingerprint density at radius 3 is 2.24 bits per heavy atom. The molecule has 0 aromatic heterocycles. The first-order valence-corrected chi connectivity index (χ1v) is 7.06. The Balaban J connectivity index is 1.87. The molecule has 2 fully saturated rings. The number of ether oxygens (including phenoxy) is 2. The van der Waals surface area contributed by atoms with Crippen LogP contribution in [0, 0.1) is 5.92 Å². The smallest absolute Gasteiger partial charge is 0.311 e. The molecule has 1 saturated carbocycles. The Labute approximate surface area is 104 Å². The van der Waals surface area contributed by atoms with Gasteiger partial charge in [0.2, 0.25) is 0 Å². The summed E-state index contributed by atoms with van der Waals surface area (Å²) in [5.41, 5.74) is 0. The number of fused-ring (bicyclic) bond motifs is 1. The van der Waals surface area contributed by atoms with Gasteiger partial charge in [0.05, 0.1) is 25.2 Å². The summed E-state index contributed by atoms with van der Waals surface area (Å²) in [7, 11) is 1.48. The van der Waals surface area contributed by atoms with Gasteiger partial charge in [-0.25, -0.2) is 0 Å². The first-order chi connectivity index (χ1) is 8.33. The van der Waals surface area contributed by atoms with Gasteiger partial charge in [-0.2, -0.15) is 0 Å². The molecule has 1 heterocycles. The van der Waals surface area contributed by atoms with Crippen LogP contribution in [0.3, 0.4) is 0 Å². The number of methoxy groups -OCH3 is 1. The van der Waals surface area contributed by atoms with Crippen LogP contribution in [0.15, 0.2) is 0 Å². The molecule has 3 unspecified atom stereocenters. The fourth-order valence-electron chi connectivity index (χ4n) is 2.90. The van der Waals surface area contributed by atoms with E-state index >= 15 is 0 Å². The molecular weight excluding hydrogens is 216 g/mol. The van der Waals surface area contributed by atoms with E-state index in [1.54, 1.807) is 0 Å². The van der Waals surface area contributed by atoms with Gasteiger partial charge in [0, 0.05) is 0 Å². The van der Waals surface area contributed by atoms with Crippen LogP contribution < -0.4 is 0 Å². The number of hydrogen-bond donors (Lipinski definition) is 0. The average Bonchev–Trinajstić information content (AvgIpc) is 3.08. The molecule has 0 bridgehead atoms. The highest BCUT2D eigenvalue weighted by Gasteiger charge is 2.47. The van der Waals surface area contributed by atoms with Crippen molar-refractivity contribution in [2.75, 3.05) is 7.11 Å². The molecule has 1 aliphatic heterocycles. The van der Waals surface area contributed by atoms with Gasteiger partial charge < -0.3 is 9.47 Å². The van der Waals surface area contributed by atoms with E-state index in [0.717, 1.165) is 19.3 Å². The summed E-state index contributed by atoms with van der Waals surface area (Å²) in [6.07, 6.45) is 11.5. The van der Waals surface area contributed by atoms with E-state index in [0.29, 0.717) is 6.10 Å². The fourth-order valence-corrected chi connectivity index (χ4v) is 2.90. The molecule has 0 radical (unpaired) electrons. The number of epoxide rings is 1.